The summed E-state index contributed by atoms with van der Waals surface area (Å²) in [5.41, 5.74) is 8.54. The third kappa shape index (κ3) is 8.52. The summed E-state index contributed by atoms with van der Waals surface area (Å²) in [6.07, 6.45) is 6.00. The van der Waals surface area contributed by atoms with Crippen LogP contribution in [0, 0.1) is 0 Å². The summed E-state index contributed by atoms with van der Waals surface area (Å²) in [6, 6.07) is 31.8. The number of phenolic OH excluding ortho intramolecular Hbond substituents is 1. The quantitative estimate of drug-likeness (QED) is 0.0800. The second kappa shape index (κ2) is 17.2. The second-order valence-corrected chi connectivity index (χ2v) is 14.5. The molecule has 1 atom stereocenters. The Bertz CT molecular complexity index is 1970. The minimum absolute atomic E-state index is 0.129. The summed E-state index contributed by atoms with van der Waals surface area (Å²) >= 11 is 0. The van der Waals surface area contributed by atoms with Gasteiger partial charge in [-0.25, -0.2) is 0 Å². The number of carbonyl (C=O) groups is 3. The van der Waals surface area contributed by atoms with E-state index in [1.54, 1.807) is 17.0 Å². The fourth-order valence-electron chi connectivity index (χ4n) is 7.99. The molecule has 0 aromatic heterocycles. The van der Waals surface area contributed by atoms with Crippen LogP contribution in [-0.4, -0.2) is 78.0 Å². The van der Waals surface area contributed by atoms with Gasteiger partial charge in [-0.2, -0.15) is 0 Å². The molecule has 54 heavy (non-hydrogen) atoms. The van der Waals surface area contributed by atoms with Gasteiger partial charge in [0.2, 0.25) is 11.8 Å². The fourth-order valence-corrected chi connectivity index (χ4v) is 7.99. The number of ether oxygens (including phenoxy) is 1. The molecule has 9 nitrogen and oxygen atoms in total. The Morgan fingerprint density at radius 1 is 0.796 bits per heavy atom. The van der Waals surface area contributed by atoms with Crippen LogP contribution in [0.1, 0.15) is 84.5 Å². The molecule has 3 heterocycles. The van der Waals surface area contributed by atoms with E-state index in [1.165, 1.54) is 24.0 Å². The van der Waals surface area contributed by atoms with Crippen molar-refractivity contribution in [2.75, 3.05) is 44.2 Å². The van der Waals surface area contributed by atoms with Gasteiger partial charge in [0.1, 0.15) is 17.5 Å². The fraction of sp³-hybridized carbons (Fsp3) is 0.356. The lowest BCUT2D eigenvalue weighted by molar-refractivity contribution is -0.136. The number of nitrogens with zero attached hydrogens (tertiary/aromatic N) is 3. The molecule has 0 aliphatic carbocycles. The van der Waals surface area contributed by atoms with Crippen molar-refractivity contribution < 1.29 is 24.2 Å². The average Bonchev–Trinajstić information content (AvgIpc) is 3.52. The standard InChI is InChI=1S/C45H50N4O5/c1-2-39(32-10-6-5-7-11-32)43(33-12-17-37(50)18-13-33)34-14-19-38(20-15-34)54-29-9-4-3-8-24-47-25-27-48(28-26-47)36-16-21-40-35(30-36)31-49(45(40)53)41-22-23-42(51)46-44(41)52/h5-7,10-21,30,41,50H,2-4,8-9,22-29,31H2,1H3,(H,46,51,52)/t41-/m0/s1. The molecule has 7 rings (SSSR count). The first-order chi connectivity index (χ1) is 26.4. The number of imide groups is 1. The molecule has 0 saturated carbocycles. The molecule has 3 aliphatic heterocycles. The number of piperidine rings is 1. The van der Waals surface area contributed by atoms with Crippen LogP contribution >= 0.6 is 0 Å². The van der Waals surface area contributed by atoms with Gasteiger partial charge in [-0.3, -0.25) is 24.6 Å². The van der Waals surface area contributed by atoms with Gasteiger partial charge in [0.25, 0.3) is 5.91 Å². The van der Waals surface area contributed by atoms with Crippen LogP contribution < -0.4 is 15.0 Å². The highest BCUT2D eigenvalue weighted by Gasteiger charge is 2.39. The number of aromatic hydroxyl groups is 1. The number of benzene rings is 4. The van der Waals surface area contributed by atoms with E-state index >= 15 is 0 Å². The number of hydrogen-bond acceptors (Lipinski definition) is 7. The third-order valence-corrected chi connectivity index (χ3v) is 11.0. The van der Waals surface area contributed by atoms with Crippen LogP contribution in [0.25, 0.3) is 11.1 Å². The molecule has 3 amide bonds. The SMILES string of the molecule is CCC(=C(c1ccc(O)cc1)c1ccc(OCCCCCCN2CCN(c3ccc4c(c3)CN([C@H]3CCC(=O)NC3=O)C4=O)CC2)cc1)c1ccccc1. The largest absolute Gasteiger partial charge is 0.508 e. The van der Waals surface area contributed by atoms with E-state index in [0.29, 0.717) is 25.1 Å². The van der Waals surface area contributed by atoms with Gasteiger partial charge >= 0.3 is 0 Å². The number of hydrogen-bond donors (Lipinski definition) is 2. The zero-order valence-corrected chi connectivity index (χ0v) is 31.1. The van der Waals surface area contributed by atoms with Crippen molar-refractivity contribution in [3.63, 3.8) is 0 Å². The summed E-state index contributed by atoms with van der Waals surface area (Å²) < 4.78 is 6.15. The van der Waals surface area contributed by atoms with Gasteiger partial charge < -0.3 is 19.6 Å². The molecule has 0 bridgehead atoms. The van der Waals surface area contributed by atoms with Crippen molar-refractivity contribution >= 4 is 34.6 Å². The Labute approximate surface area is 318 Å². The average molecular weight is 727 g/mol. The summed E-state index contributed by atoms with van der Waals surface area (Å²) in [7, 11) is 0. The van der Waals surface area contributed by atoms with E-state index in [2.05, 4.69) is 76.6 Å². The number of phenols is 1. The number of nitrogens with one attached hydrogen (secondary N) is 1. The number of fused-ring (bicyclic) bond motifs is 1. The zero-order valence-electron chi connectivity index (χ0n) is 31.1. The molecule has 280 valence electrons. The van der Waals surface area contributed by atoms with Crippen molar-refractivity contribution in [3.05, 3.63) is 125 Å². The van der Waals surface area contributed by atoms with Gasteiger partial charge in [0.05, 0.1) is 6.61 Å². The van der Waals surface area contributed by atoms with Gasteiger partial charge in [0.15, 0.2) is 0 Å². The molecule has 0 unspecified atom stereocenters. The Hall–Kier alpha value is -5.41. The van der Waals surface area contributed by atoms with Crippen LogP contribution in [0.5, 0.6) is 11.5 Å². The first-order valence-corrected chi connectivity index (χ1v) is 19.4. The van der Waals surface area contributed by atoms with Crippen molar-refractivity contribution in [3.8, 4) is 11.5 Å². The molecule has 4 aromatic rings. The maximum atomic E-state index is 13.1. The van der Waals surface area contributed by atoms with E-state index in [1.807, 2.05) is 30.3 Å². The van der Waals surface area contributed by atoms with Gasteiger partial charge in [-0.05, 0) is 108 Å². The molecule has 0 radical (unpaired) electrons. The lowest BCUT2D eigenvalue weighted by Crippen LogP contribution is -2.52. The molecular weight excluding hydrogens is 677 g/mol. The number of carbonyl (C=O) groups excluding carboxylic acids is 3. The predicted octanol–water partition coefficient (Wildman–Crippen LogP) is 7.28. The predicted molar refractivity (Wildman–Crippen MR) is 212 cm³/mol. The first kappa shape index (κ1) is 36.9. The van der Waals surface area contributed by atoms with Gasteiger partial charge in [-0.15, -0.1) is 0 Å². The lowest BCUT2D eigenvalue weighted by atomic mass is 9.88. The summed E-state index contributed by atoms with van der Waals surface area (Å²) in [5.74, 6) is 0.358. The molecular formula is C45H50N4O5. The highest BCUT2D eigenvalue weighted by atomic mass is 16.5. The van der Waals surface area contributed by atoms with E-state index in [4.69, 9.17) is 4.74 Å². The van der Waals surface area contributed by atoms with Crippen molar-refractivity contribution in [2.24, 2.45) is 0 Å². The van der Waals surface area contributed by atoms with E-state index in [0.717, 1.165) is 85.7 Å². The topological polar surface area (TPSA) is 102 Å². The molecule has 3 aliphatic rings. The molecule has 2 fully saturated rings. The number of rotatable bonds is 14. The van der Waals surface area contributed by atoms with Crippen LogP contribution in [-0.2, 0) is 16.1 Å². The van der Waals surface area contributed by atoms with Crippen LogP contribution in [0.15, 0.2) is 97.1 Å². The summed E-state index contributed by atoms with van der Waals surface area (Å²) in [4.78, 5) is 43.6. The Morgan fingerprint density at radius 3 is 2.20 bits per heavy atom. The number of allylic oxidation sites excluding steroid dienone is 1. The zero-order chi connectivity index (χ0) is 37.4. The number of amides is 3. The van der Waals surface area contributed by atoms with Crippen molar-refractivity contribution in [2.45, 2.75) is 64.5 Å². The number of piperazine rings is 1. The second-order valence-electron chi connectivity index (χ2n) is 14.5. The van der Waals surface area contributed by atoms with E-state index in [-0.39, 0.29) is 29.9 Å². The van der Waals surface area contributed by atoms with Crippen LogP contribution in [0.4, 0.5) is 5.69 Å². The summed E-state index contributed by atoms with van der Waals surface area (Å²) in [6.45, 7) is 8.27. The molecule has 2 saturated heterocycles. The van der Waals surface area contributed by atoms with Gasteiger partial charge in [0, 0.05) is 50.4 Å². The van der Waals surface area contributed by atoms with Crippen molar-refractivity contribution in [1.29, 1.82) is 0 Å². The number of anilines is 1. The smallest absolute Gasteiger partial charge is 0.255 e. The molecule has 0 spiro atoms. The highest BCUT2D eigenvalue weighted by molar-refractivity contribution is 6.05. The Morgan fingerprint density at radius 2 is 1.50 bits per heavy atom. The van der Waals surface area contributed by atoms with Crippen molar-refractivity contribution in [1.82, 2.24) is 15.1 Å². The monoisotopic (exact) mass is 726 g/mol. The molecule has 2 N–H and O–H groups in total. The summed E-state index contributed by atoms with van der Waals surface area (Å²) in [5, 5.41) is 12.3. The van der Waals surface area contributed by atoms with Crippen LogP contribution in [0.2, 0.25) is 0 Å². The van der Waals surface area contributed by atoms with Crippen LogP contribution in [0.3, 0.4) is 0 Å². The maximum Gasteiger partial charge on any atom is 0.255 e. The third-order valence-electron chi connectivity index (χ3n) is 11.0. The normalized spacial score (nSPS) is 18.0. The molecule has 4 aromatic carbocycles. The Kier molecular flexibility index (Phi) is 11.7. The van der Waals surface area contributed by atoms with Gasteiger partial charge in [-0.1, -0.05) is 74.4 Å². The minimum Gasteiger partial charge on any atom is -0.508 e. The maximum absolute atomic E-state index is 13.1. The highest BCUT2D eigenvalue weighted by Crippen LogP contribution is 2.36. The Balaban J connectivity index is 0.829. The number of unbranched alkanes of at least 4 members (excludes halogenated alkanes) is 3. The minimum atomic E-state index is -0.588. The van der Waals surface area contributed by atoms with E-state index < -0.39 is 6.04 Å². The van der Waals surface area contributed by atoms with E-state index in [9.17, 15) is 19.5 Å². The molecule has 9 heteroatoms. The lowest BCUT2D eigenvalue weighted by Gasteiger charge is -2.36. The first-order valence-electron chi connectivity index (χ1n) is 19.4.